The molecule has 0 spiro atoms. The minimum absolute atomic E-state index is 0.454. The third-order valence-electron chi connectivity index (χ3n) is 6.42. The highest BCUT2D eigenvalue weighted by atomic mass is 16.5. The van der Waals surface area contributed by atoms with Crippen molar-refractivity contribution in [1.82, 2.24) is 15.5 Å². The van der Waals surface area contributed by atoms with Gasteiger partial charge in [-0.3, -0.25) is 4.99 Å². The third-order valence-corrected chi connectivity index (χ3v) is 6.42. The molecular weight excluding hydrogens is 400 g/mol. The maximum Gasteiger partial charge on any atom is 0.191 e. The molecule has 0 saturated carbocycles. The maximum atomic E-state index is 6.21. The van der Waals surface area contributed by atoms with E-state index >= 15 is 0 Å². The topological polar surface area (TPSA) is 58.1 Å². The van der Waals surface area contributed by atoms with Gasteiger partial charge in [0.05, 0.1) is 6.61 Å². The molecule has 4 rings (SSSR count). The van der Waals surface area contributed by atoms with E-state index in [1.54, 1.807) is 0 Å². The van der Waals surface area contributed by atoms with Gasteiger partial charge in [0.1, 0.15) is 11.5 Å². The van der Waals surface area contributed by atoms with Crippen molar-refractivity contribution in [1.29, 1.82) is 0 Å². The van der Waals surface area contributed by atoms with Crippen LogP contribution in [0.5, 0.6) is 11.5 Å². The lowest BCUT2D eigenvalue weighted by Gasteiger charge is -2.34. The quantitative estimate of drug-likeness (QED) is 0.508. The number of likely N-dealkylation sites (tertiary alicyclic amines) is 1. The van der Waals surface area contributed by atoms with E-state index in [0.29, 0.717) is 12.6 Å². The molecule has 2 aromatic rings. The molecule has 1 unspecified atom stereocenters. The Labute approximate surface area is 192 Å². The summed E-state index contributed by atoms with van der Waals surface area (Å²) in [6.45, 7) is 8.04. The first-order valence-electron chi connectivity index (χ1n) is 11.8. The van der Waals surface area contributed by atoms with E-state index in [-0.39, 0.29) is 0 Å². The van der Waals surface area contributed by atoms with Crippen molar-refractivity contribution in [2.45, 2.75) is 38.8 Å². The Morgan fingerprint density at radius 2 is 1.81 bits per heavy atom. The summed E-state index contributed by atoms with van der Waals surface area (Å²) in [6.07, 6.45) is 3.49. The van der Waals surface area contributed by atoms with Crippen LogP contribution in [-0.2, 0) is 11.3 Å². The van der Waals surface area contributed by atoms with Crippen LogP contribution < -0.4 is 15.4 Å². The standard InChI is InChI=1S/C26H36N4O2/c1-20-7-3-5-9-24(20)32-25-10-6-4-8-22(25)17-28-26(27-2)29-23-11-14-30(15-12-23)18-21-13-16-31-19-21/h3-10,21,23H,11-19H2,1-2H3,(H2,27,28,29). The molecule has 2 heterocycles. The predicted octanol–water partition coefficient (Wildman–Crippen LogP) is 3.95. The lowest BCUT2D eigenvalue weighted by molar-refractivity contribution is 0.150. The summed E-state index contributed by atoms with van der Waals surface area (Å²) in [7, 11) is 1.83. The molecule has 6 nitrogen and oxygen atoms in total. The number of benzene rings is 2. The summed E-state index contributed by atoms with van der Waals surface area (Å²) < 4.78 is 11.7. The van der Waals surface area contributed by atoms with Gasteiger partial charge in [0, 0.05) is 51.4 Å². The maximum absolute atomic E-state index is 6.21. The first kappa shape index (κ1) is 22.6. The zero-order chi connectivity index (χ0) is 22.2. The number of aliphatic imine (C=N–C) groups is 1. The van der Waals surface area contributed by atoms with Crippen LogP contribution in [0.3, 0.4) is 0 Å². The van der Waals surface area contributed by atoms with Gasteiger partial charge in [0.25, 0.3) is 0 Å². The lowest BCUT2D eigenvalue weighted by Crippen LogP contribution is -2.49. The minimum atomic E-state index is 0.454. The number of hydrogen-bond acceptors (Lipinski definition) is 4. The second-order valence-electron chi connectivity index (χ2n) is 8.85. The largest absolute Gasteiger partial charge is 0.457 e. The lowest BCUT2D eigenvalue weighted by atomic mass is 10.0. The number of rotatable bonds is 7. The first-order valence-corrected chi connectivity index (χ1v) is 11.8. The Kier molecular flexibility index (Phi) is 8.02. The number of nitrogens with one attached hydrogen (secondary N) is 2. The van der Waals surface area contributed by atoms with Crippen LogP contribution in [0.4, 0.5) is 0 Å². The Morgan fingerprint density at radius 1 is 1.06 bits per heavy atom. The number of guanidine groups is 1. The number of aryl methyl sites for hydroxylation is 1. The molecule has 172 valence electrons. The molecule has 1 atom stereocenters. The van der Waals surface area contributed by atoms with E-state index in [1.165, 1.54) is 13.0 Å². The van der Waals surface area contributed by atoms with E-state index in [0.717, 1.165) is 73.6 Å². The van der Waals surface area contributed by atoms with Crippen molar-refractivity contribution in [2.75, 3.05) is 39.9 Å². The number of piperidine rings is 1. The van der Waals surface area contributed by atoms with E-state index in [4.69, 9.17) is 9.47 Å². The average molecular weight is 437 g/mol. The smallest absolute Gasteiger partial charge is 0.191 e. The van der Waals surface area contributed by atoms with Crippen LogP contribution >= 0.6 is 0 Å². The molecule has 0 aromatic heterocycles. The van der Waals surface area contributed by atoms with E-state index in [9.17, 15) is 0 Å². The highest BCUT2D eigenvalue weighted by Crippen LogP contribution is 2.27. The number of hydrogen-bond donors (Lipinski definition) is 2. The van der Waals surface area contributed by atoms with Crippen LogP contribution in [-0.4, -0.2) is 56.8 Å². The van der Waals surface area contributed by atoms with Crippen molar-refractivity contribution >= 4 is 5.96 Å². The van der Waals surface area contributed by atoms with Crippen molar-refractivity contribution in [3.05, 3.63) is 59.7 Å². The first-order chi connectivity index (χ1) is 15.7. The summed E-state index contributed by atoms with van der Waals surface area (Å²) in [4.78, 5) is 7.04. The van der Waals surface area contributed by atoms with Gasteiger partial charge in [-0.25, -0.2) is 0 Å². The third kappa shape index (κ3) is 6.24. The molecule has 2 saturated heterocycles. The fraction of sp³-hybridized carbons (Fsp3) is 0.500. The van der Waals surface area contributed by atoms with Crippen LogP contribution in [0.15, 0.2) is 53.5 Å². The van der Waals surface area contributed by atoms with Crippen molar-refractivity contribution in [3.63, 3.8) is 0 Å². The molecule has 2 aromatic carbocycles. The highest BCUT2D eigenvalue weighted by molar-refractivity contribution is 5.80. The number of nitrogens with zero attached hydrogens (tertiary/aromatic N) is 2. The van der Waals surface area contributed by atoms with Gasteiger partial charge >= 0.3 is 0 Å². The summed E-state index contributed by atoms with van der Waals surface area (Å²) >= 11 is 0. The Hall–Kier alpha value is -2.57. The van der Waals surface area contributed by atoms with Crippen molar-refractivity contribution < 1.29 is 9.47 Å². The zero-order valence-corrected chi connectivity index (χ0v) is 19.3. The fourth-order valence-corrected chi connectivity index (χ4v) is 4.46. The summed E-state index contributed by atoms with van der Waals surface area (Å²) in [6, 6.07) is 16.7. The number of para-hydroxylation sites is 2. The summed E-state index contributed by atoms with van der Waals surface area (Å²) in [5, 5.41) is 7.09. The van der Waals surface area contributed by atoms with Gasteiger partial charge < -0.3 is 25.0 Å². The van der Waals surface area contributed by atoms with Gasteiger partial charge in [-0.2, -0.15) is 0 Å². The predicted molar refractivity (Wildman–Crippen MR) is 129 cm³/mol. The van der Waals surface area contributed by atoms with Gasteiger partial charge in [0.2, 0.25) is 0 Å². The molecule has 32 heavy (non-hydrogen) atoms. The zero-order valence-electron chi connectivity index (χ0n) is 19.3. The molecule has 0 radical (unpaired) electrons. The molecule has 2 aliphatic heterocycles. The van der Waals surface area contributed by atoms with Crippen molar-refractivity contribution in [3.8, 4) is 11.5 Å². The molecular formula is C26H36N4O2. The normalized spacial score (nSPS) is 20.3. The van der Waals surface area contributed by atoms with Gasteiger partial charge in [-0.05, 0) is 49.8 Å². The second-order valence-corrected chi connectivity index (χ2v) is 8.85. The second kappa shape index (κ2) is 11.3. The van der Waals surface area contributed by atoms with Crippen LogP contribution in [0.1, 0.15) is 30.4 Å². The Morgan fingerprint density at radius 3 is 2.53 bits per heavy atom. The molecule has 0 bridgehead atoms. The Bertz CT molecular complexity index is 887. The van der Waals surface area contributed by atoms with E-state index < -0.39 is 0 Å². The average Bonchev–Trinajstić information content (AvgIpc) is 3.33. The summed E-state index contributed by atoms with van der Waals surface area (Å²) in [5.74, 6) is 3.32. The molecule has 2 fully saturated rings. The molecule has 2 aliphatic rings. The minimum Gasteiger partial charge on any atom is -0.457 e. The Balaban J connectivity index is 1.27. The van der Waals surface area contributed by atoms with E-state index in [1.807, 2.05) is 43.4 Å². The molecule has 0 aliphatic carbocycles. The van der Waals surface area contributed by atoms with E-state index in [2.05, 4.69) is 39.6 Å². The van der Waals surface area contributed by atoms with Crippen LogP contribution in [0.2, 0.25) is 0 Å². The summed E-state index contributed by atoms with van der Waals surface area (Å²) in [5.41, 5.74) is 2.23. The SMILES string of the molecule is CN=C(NCc1ccccc1Oc1ccccc1C)NC1CCN(CC2CCOC2)CC1. The van der Waals surface area contributed by atoms with Gasteiger partial charge in [-0.15, -0.1) is 0 Å². The van der Waals surface area contributed by atoms with Gasteiger partial charge in [0.15, 0.2) is 5.96 Å². The molecule has 0 amide bonds. The van der Waals surface area contributed by atoms with Crippen molar-refractivity contribution in [2.24, 2.45) is 10.9 Å². The number of ether oxygens (including phenoxy) is 2. The fourth-order valence-electron chi connectivity index (χ4n) is 4.46. The monoisotopic (exact) mass is 436 g/mol. The highest BCUT2D eigenvalue weighted by Gasteiger charge is 2.24. The molecule has 6 heteroatoms. The van der Waals surface area contributed by atoms with Gasteiger partial charge in [-0.1, -0.05) is 36.4 Å². The van der Waals surface area contributed by atoms with Crippen LogP contribution in [0, 0.1) is 12.8 Å². The molecule has 2 N–H and O–H groups in total. The van der Waals surface area contributed by atoms with Crippen LogP contribution in [0.25, 0.3) is 0 Å².